The summed E-state index contributed by atoms with van der Waals surface area (Å²) in [5.74, 6) is -0.681. The molecule has 0 aliphatic carbocycles. The Balaban J connectivity index is 2.53. The van der Waals surface area contributed by atoms with Crippen LogP contribution < -0.4 is 0 Å². The summed E-state index contributed by atoms with van der Waals surface area (Å²) in [6.07, 6.45) is 2.97. The standard InChI is InChI=1S/C13H26N2O2/c1-5-13(2,12(16)17)10-15(4)11-6-8-14(3)9-7-11/h11H,5-10H2,1-4H3,(H,16,17). The van der Waals surface area contributed by atoms with Gasteiger partial charge in [-0.2, -0.15) is 0 Å². The highest BCUT2D eigenvalue weighted by Gasteiger charge is 2.34. The Labute approximate surface area is 105 Å². The molecule has 0 saturated carbocycles. The third kappa shape index (κ3) is 3.68. The van der Waals surface area contributed by atoms with Crippen LogP contribution in [-0.4, -0.2) is 60.6 Å². The molecule has 1 unspecified atom stereocenters. The molecule has 1 saturated heterocycles. The number of hydrogen-bond donors (Lipinski definition) is 1. The Morgan fingerprint density at radius 3 is 2.41 bits per heavy atom. The highest BCUT2D eigenvalue weighted by molar-refractivity contribution is 5.74. The van der Waals surface area contributed by atoms with E-state index in [0.717, 1.165) is 25.9 Å². The van der Waals surface area contributed by atoms with Crippen LogP contribution in [0.3, 0.4) is 0 Å². The Morgan fingerprint density at radius 1 is 1.47 bits per heavy atom. The molecular weight excluding hydrogens is 216 g/mol. The maximum atomic E-state index is 11.3. The molecule has 17 heavy (non-hydrogen) atoms. The monoisotopic (exact) mass is 242 g/mol. The first kappa shape index (κ1) is 14.5. The van der Waals surface area contributed by atoms with Crippen molar-refractivity contribution in [2.45, 2.75) is 39.2 Å². The lowest BCUT2D eigenvalue weighted by Crippen LogP contribution is -2.47. The lowest BCUT2D eigenvalue weighted by Gasteiger charge is -2.38. The van der Waals surface area contributed by atoms with Crippen molar-refractivity contribution in [2.75, 3.05) is 33.7 Å². The normalized spacial score (nSPS) is 22.6. The zero-order valence-corrected chi connectivity index (χ0v) is 11.6. The van der Waals surface area contributed by atoms with E-state index in [1.54, 1.807) is 0 Å². The van der Waals surface area contributed by atoms with Gasteiger partial charge in [-0.15, -0.1) is 0 Å². The van der Waals surface area contributed by atoms with Crippen LogP contribution in [0, 0.1) is 5.41 Å². The molecule has 1 N–H and O–H groups in total. The summed E-state index contributed by atoms with van der Waals surface area (Å²) in [5.41, 5.74) is -0.613. The van der Waals surface area contributed by atoms with Crippen molar-refractivity contribution in [1.82, 2.24) is 9.80 Å². The van der Waals surface area contributed by atoms with Crippen LogP contribution in [0.25, 0.3) is 0 Å². The minimum Gasteiger partial charge on any atom is -0.481 e. The summed E-state index contributed by atoms with van der Waals surface area (Å²) in [5, 5.41) is 9.29. The van der Waals surface area contributed by atoms with E-state index in [1.165, 1.54) is 0 Å². The van der Waals surface area contributed by atoms with Crippen molar-refractivity contribution in [3.63, 3.8) is 0 Å². The molecule has 4 heteroatoms. The fraction of sp³-hybridized carbons (Fsp3) is 0.923. The van der Waals surface area contributed by atoms with Gasteiger partial charge < -0.3 is 14.9 Å². The van der Waals surface area contributed by atoms with Crippen LogP contribution in [0.5, 0.6) is 0 Å². The van der Waals surface area contributed by atoms with E-state index in [4.69, 9.17) is 0 Å². The predicted molar refractivity (Wildman–Crippen MR) is 69.2 cm³/mol. The van der Waals surface area contributed by atoms with Gasteiger partial charge in [0, 0.05) is 12.6 Å². The molecule has 1 aliphatic rings. The van der Waals surface area contributed by atoms with E-state index in [2.05, 4.69) is 23.9 Å². The molecule has 4 nitrogen and oxygen atoms in total. The van der Waals surface area contributed by atoms with Gasteiger partial charge in [0.2, 0.25) is 0 Å². The number of carboxylic acids is 1. The van der Waals surface area contributed by atoms with Crippen molar-refractivity contribution in [2.24, 2.45) is 5.41 Å². The molecule has 0 aromatic heterocycles. The van der Waals surface area contributed by atoms with E-state index >= 15 is 0 Å². The number of aliphatic carboxylic acids is 1. The molecule has 1 aliphatic heterocycles. The summed E-state index contributed by atoms with van der Waals surface area (Å²) >= 11 is 0. The fourth-order valence-corrected chi connectivity index (χ4v) is 2.45. The Hall–Kier alpha value is -0.610. The number of nitrogens with zero attached hydrogens (tertiary/aromatic N) is 2. The number of piperidine rings is 1. The SMILES string of the molecule is CCC(C)(CN(C)C1CCN(C)CC1)C(=O)O. The lowest BCUT2D eigenvalue weighted by atomic mass is 9.86. The van der Waals surface area contributed by atoms with Crippen molar-refractivity contribution in [3.05, 3.63) is 0 Å². The summed E-state index contributed by atoms with van der Waals surface area (Å²) in [6, 6.07) is 0.538. The second-order valence-electron chi connectivity index (χ2n) is 5.67. The summed E-state index contributed by atoms with van der Waals surface area (Å²) in [7, 11) is 4.20. The third-order valence-electron chi connectivity index (χ3n) is 4.21. The highest BCUT2D eigenvalue weighted by Crippen LogP contribution is 2.25. The van der Waals surface area contributed by atoms with Crippen LogP contribution in [0.1, 0.15) is 33.1 Å². The second-order valence-corrected chi connectivity index (χ2v) is 5.67. The van der Waals surface area contributed by atoms with Gasteiger partial charge in [-0.1, -0.05) is 6.92 Å². The van der Waals surface area contributed by atoms with Crippen molar-refractivity contribution < 1.29 is 9.90 Å². The van der Waals surface area contributed by atoms with E-state index in [0.29, 0.717) is 19.0 Å². The number of carboxylic acid groups (broad SMARTS) is 1. The number of carbonyl (C=O) groups is 1. The molecule has 1 rings (SSSR count). The van der Waals surface area contributed by atoms with E-state index < -0.39 is 11.4 Å². The maximum Gasteiger partial charge on any atom is 0.310 e. The molecule has 1 fully saturated rings. The van der Waals surface area contributed by atoms with Crippen LogP contribution in [0.2, 0.25) is 0 Å². The van der Waals surface area contributed by atoms with Crippen LogP contribution in [0.4, 0.5) is 0 Å². The van der Waals surface area contributed by atoms with Gasteiger partial charge in [0.15, 0.2) is 0 Å². The average Bonchev–Trinajstić information content (AvgIpc) is 2.29. The molecular formula is C13H26N2O2. The van der Waals surface area contributed by atoms with Crippen LogP contribution >= 0.6 is 0 Å². The largest absolute Gasteiger partial charge is 0.481 e. The number of likely N-dealkylation sites (tertiary alicyclic amines) is 1. The molecule has 0 spiro atoms. The Morgan fingerprint density at radius 2 is 2.00 bits per heavy atom. The molecule has 1 atom stereocenters. The third-order valence-corrected chi connectivity index (χ3v) is 4.21. The number of hydrogen-bond acceptors (Lipinski definition) is 3. The molecule has 0 aromatic rings. The first-order valence-corrected chi connectivity index (χ1v) is 6.51. The highest BCUT2D eigenvalue weighted by atomic mass is 16.4. The molecule has 1 heterocycles. The minimum absolute atomic E-state index is 0.538. The summed E-state index contributed by atoms with van der Waals surface area (Å²) in [4.78, 5) is 15.9. The zero-order valence-electron chi connectivity index (χ0n) is 11.6. The van der Waals surface area contributed by atoms with Gasteiger partial charge in [-0.3, -0.25) is 4.79 Å². The maximum absolute atomic E-state index is 11.3. The molecule has 100 valence electrons. The van der Waals surface area contributed by atoms with Crippen molar-refractivity contribution in [3.8, 4) is 0 Å². The van der Waals surface area contributed by atoms with Crippen LogP contribution in [0.15, 0.2) is 0 Å². The average molecular weight is 242 g/mol. The fourth-order valence-electron chi connectivity index (χ4n) is 2.45. The smallest absolute Gasteiger partial charge is 0.310 e. The first-order chi connectivity index (χ1) is 7.89. The van der Waals surface area contributed by atoms with Gasteiger partial charge in [0.1, 0.15) is 0 Å². The van der Waals surface area contributed by atoms with E-state index in [9.17, 15) is 9.90 Å². The molecule has 0 radical (unpaired) electrons. The topological polar surface area (TPSA) is 43.8 Å². The predicted octanol–water partition coefficient (Wildman–Crippen LogP) is 1.51. The minimum atomic E-state index is -0.681. The van der Waals surface area contributed by atoms with Crippen molar-refractivity contribution >= 4 is 5.97 Å². The Bertz CT molecular complexity index is 262. The second kappa shape index (κ2) is 5.83. The summed E-state index contributed by atoms with van der Waals surface area (Å²) in [6.45, 7) is 6.68. The van der Waals surface area contributed by atoms with Crippen LogP contribution in [-0.2, 0) is 4.79 Å². The van der Waals surface area contributed by atoms with E-state index in [-0.39, 0.29) is 0 Å². The quantitative estimate of drug-likeness (QED) is 0.794. The summed E-state index contributed by atoms with van der Waals surface area (Å²) < 4.78 is 0. The van der Waals surface area contributed by atoms with E-state index in [1.807, 2.05) is 13.8 Å². The molecule has 0 aromatic carbocycles. The van der Waals surface area contributed by atoms with Gasteiger partial charge in [0.25, 0.3) is 0 Å². The lowest BCUT2D eigenvalue weighted by molar-refractivity contribution is -0.149. The molecule has 0 amide bonds. The molecule has 0 bridgehead atoms. The zero-order chi connectivity index (χ0) is 13.1. The van der Waals surface area contributed by atoms with Gasteiger partial charge in [-0.25, -0.2) is 0 Å². The van der Waals surface area contributed by atoms with Gasteiger partial charge in [-0.05, 0) is 53.4 Å². The van der Waals surface area contributed by atoms with Gasteiger partial charge in [0.05, 0.1) is 5.41 Å². The Kier molecular flexibility index (Phi) is 4.95. The first-order valence-electron chi connectivity index (χ1n) is 6.51. The van der Waals surface area contributed by atoms with Crippen molar-refractivity contribution in [1.29, 1.82) is 0 Å². The number of rotatable bonds is 5. The van der Waals surface area contributed by atoms with Gasteiger partial charge >= 0.3 is 5.97 Å².